The highest BCUT2D eigenvalue weighted by atomic mass is 35.5. The van der Waals surface area contributed by atoms with Gasteiger partial charge in [0.05, 0.1) is 22.8 Å². The molecule has 6 heterocycles. The maximum absolute atomic E-state index is 13.2. The summed E-state index contributed by atoms with van der Waals surface area (Å²) in [7, 11) is 2.15. The van der Waals surface area contributed by atoms with Crippen molar-refractivity contribution in [2.75, 3.05) is 56.2 Å². The standard InChI is InChI=1S/C32H36ClN9O2/c1-38-13-4-7-23(38)18-44-30-36-26-17-39(27-9-3-6-22-5-2-8-25(33)28(22)27)14-10-24(26)29(37-30)40-15-11-32(19-40)12-16-41(32)31(43)42-21-34-20-35-42/h2-3,5-6,8-9,20-21,23H,4,7,10-19H2,1H3. The van der Waals surface area contributed by atoms with Gasteiger partial charge in [-0.3, -0.25) is 0 Å². The summed E-state index contributed by atoms with van der Waals surface area (Å²) in [6.07, 6.45) is 7.83. The number of carbonyl (C=O) groups is 1. The van der Waals surface area contributed by atoms with Gasteiger partial charge in [0.15, 0.2) is 0 Å². The maximum atomic E-state index is 13.2. The van der Waals surface area contributed by atoms with Gasteiger partial charge in [0, 0.05) is 48.9 Å². The first-order valence-corrected chi connectivity index (χ1v) is 15.9. The summed E-state index contributed by atoms with van der Waals surface area (Å²) in [6.45, 7) is 5.40. The average molecular weight is 614 g/mol. The topological polar surface area (TPSA) is 95.8 Å². The van der Waals surface area contributed by atoms with Crippen LogP contribution in [0.3, 0.4) is 0 Å². The summed E-state index contributed by atoms with van der Waals surface area (Å²) in [5, 5.41) is 7.03. The van der Waals surface area contributed by atoms with E-state index in [1.165, 1.54) is 29.3 Å². The van der Waals surface area contributed by atoms with Gasteiger partial charge in [-0.2, -0.15) is 19.7 Å². The summed E-state index contributed by atoms with van der Waals surface area (Å²) in [4.78, 5) is 36.3. The van der Waals surface area contributed by atoms with E-state index in [4.69, 9.17) is 26.3 Å². The average Bonchev–Trinajstić information content (AvgIpc) is 3.81. The van der Waals surface area contributed by atoms with Crippen LogP contribution in [0.5, 0.6) is 6.01 Å². The van der Waals surface area contributed by atoms with Crippen LogP contribution in [0.1, 0.15) is 36.9 Å². The van der Waals surface area contributed by atoms with E-state index in [0.29, 0.717) is 25.2 Å². The van der Waals surface area contributed by atoms with Crippen LogP contribution >= 0.6 is 11.6 Å². The van der Waals surface area contributed by atoms with Crippen molar-refractivity contribution in [3.63, 3.8) is 0 Å². The van der Waals surface area contributed by atoms with Crippen molar-refractivity contribution in [1.82, 2.24) is 34.5 Å². The van der Waals surface area contributed by atoms with Crippen molar-refractivity contribution < 1.29 is 9.53 Å². The number of nitrogens with zero attached hydrogens (tertiary/aromatic N) is 9. The fourth-order valence-electron chi connectivity index (χ4n) is 7.55. The number of likely N-dealkylation sites (tertiary alicyclic amines) is 2. The van der Waals surface area contributed by atoms with Crippen LogP contribution in [0.2, 0.25) is 5.02 Å². The molecule has 1 amide bonds. The van der Waals surface area contributed by atoms with Gasteiger partial charge in [0.2, 0.25) is 0 Å². The zero-order chi connectivity index (χ0) is 29.8. The molecule has 3 fully saturated rings. The quantitative estimate of drug-likeness (QED) is 0.328. The minimum absolute atomic E-state index is 0.116. The van der Waals surface area contributed by atoms with Crippen molar-refractivity contribution in [1.29, 1.82) is 0 Å². The van der Waals surface area contributed by atoms with E-state index in [1.807, 2.05) is 17.0 Å². The van der Waals surface area contributed by atoms with Gasteiger partial charge in [0.1, 0.15) is 25.1 Å². The van der Waals surface area contributed by atoms with E-state index in [2.05, 4.69) is 56.1 Å². The lowest BCUT2D eigenvalue weighted by atomic mass is 9.84. The minimum atomic E-state index is -0.227. The van der Waals surface area contributed by atoms with Crippen molar-refractivity contribution in [3.05, 3.63) is 65.3 Å². The highest BCUT2D eigenvalue weighted by molar-refractivity contribution is 6.36. The molecule has 2 aromatic heterocycles. The molecule has 0 saturated carbocycles. The molecule has 228 valence electrons. The van der Waals surface area contributed by atoms with Gasteiger partial charge in [-0.05, 0) is 63.2 Å². The van der Waals surface area contributed by atoms with Gasteiger partial charge >= 0.3 is 12.0 Å². The molecule has 0 aliphatic carbocycles. The molecule has 0 radical (unpaired) electrons. The van der Waals surface area contributed by atoms with Crippen LogP contribution in [-0.2, 0) is 13.0 Å². The number of benzene rings is 2. The van der Waals surface area contributed by atoms with Gasteiger partial charge in [0.25, 0.3) is 0 Å². The molecule has 8 rings (SSSR count). The third kappa shape index (κ3) is 4.64. The summed E-state index contributed by atoms with van der Waals surface area (Å²) in [6, 6.07) is 13.1. The Balaban J connectivity index is 1.11. The van der Waals surface area contributed by atoms with E-state index in [9.17, 15) is 4.79 Å². The predicted molar refractivity (Wildman–Crippen MR) is 169 cm³/mol. The number of halogens is 1. The zero-order valence-corrected chi connectivity index (χ0v) is 25.7. The Kier molecular flexibility index (Phi) is 6.82. The molecule has 1 spiro atoms. The molecule has 11 nitrogen and oxygen atoms in total. The van der Waals surface area contributed by atoms with Gasteiger partial charge < -0.3 is 24.3 Å². The molecule has 12 heteroatoms. The third-order valence-corrected chi connectivity index (χ3v) is 10.4. The van der Waals surface area contributed by atoms with Crippen LogP contribution in [-0.4, -0.2) is 98.5 Å². The Labute approximate surface area is 261 Å². The molecule has 4 aliphatic rings. The Morgan fingerprint density at radius 1 is 1.07 bits per heavy atom. The zero-order valence-electron chi connectivity index (χ0n) is 24.9. The lowest BCUT2D eigenvalue weighted by Gasteiger charge is -2.50. The number of rotatable bonds is 5. The molecule has 2 atom stereocenters. The lowest BCUT2D eigenvalue weighted by Crippen LogP contribution is -2.64. The van der Waals surface area contributed by atoms with Crippen LogP contribution in [0.25, 0.3) is 10.8 Å². The van der Waals surface area contributed by atoms with Crippen LogP contribution < -0.4 is 14.5 Å². The number of ether oxygens (including phenoxy) is 1. The molecule has 2 unspecified atom stereocenters. The normalized spacial score (nSPS) is 23.4. The highest BCUT2D eigenvalue weighted by Gasteiger charge is 2.52. The molecular formula is C32H36ClN9O2. The molecule has 4 aliphatic heterocycles. The van der Waals surface area contributed by atoms with Crippen LogP contribution in [0, 0.1) is 0 Å². The van der Waals surface area contributed by atoms with Crippen LogP contribution in [0.4, 0.5) is 16.3 Å². The van der Waals surface area contributed by atoms with E-state index in [1.54, 1.807) is 0 Å². The molecule has 3 saturated heterocycles. The van der Waals surface area contributed by atoms with E-state index in [0.717, 1.165) is 91.4 Å². The second-order valence-corrected chi connectivity index (χ2v) is 13.0. The van der Waals surface area contributed by atoms with Crippen molar-refractivity contribution in [3.8, 4) is 6.01 Å². The third-order valence-electron chi connectivity index (χ3n) is 10.1. The molecule has 0 N–H and O–H groups in total. The van der Waals surface area contributed by atoms with Gasteiger partial charge in [-0.15, -0.1) is 0 Å². The van der Waals surface area contributed by atoms with E-state index in [-0.39, 0.29) is 11.6 Å². The number of amides is 1. The van der Waals surface area contributed by atoms with Crippen molar-refractivity contribution in [2.45, 2.75) is 50.2 Å². The monoisotopic (exact) mass is 613 g/mol. The Hall–Kier alpha value is -3.96. The fourth-order valence-corrected chi connectivity index (χ4v) is 7.83. The van der Waals surface area contributed by atoms with Crippen molar-refractivity contribution >= 4 is 39.9 Å². The van der Waals surface area contributed by atoms with Gasteiger partial charge in [-0.25, -0.2) is 9.78 Å². The van der Waals surface area contributed by atoms with E-state index < -0.39 is 0 Å². The second kappa shape index (κ2) is 10.9. The first-order chi connectivity index (χ1) is 21.5. The Morgan fingerprint density at radius 3 is 2.70 bits per heavy atom. The number of likely N-dealkylation sites (N-methyl/N-ethyl adjacent to an activating group) is 1. The molecular weight excluding hydrogens is 578 g/mol. The predicted octanol–water partition coefficient (Wildman–Crippen LogP) is 4.23. The number of hydrogen-bond acceptors (Lipinski definition) is 9. The lowest BCUT2D eigenvalue weighted by molar-refractivity contribution is 0.0400. The summed E-state index contributed by atoms with van der Waals surface area (Å²) in [5.74, 6) is 0.942. The first kappa shape index (κ1) is 27.6. The fraction of sp³-hybridized carbons (Fsp3) is 0.469. The molecule has 2 aromatic carbocycles. The molecule has 44 heavy (non-hydrogen) atoms. The Morgan fingerprint density at radius 2 is 1.93 bits per heavy atom. The van der Waals surface area contributed by atoms with E-state index >= 15 is 0 Å². The van der Waals surface area contributed by atoms with Crippen molar-refractivity contribution in [2.24, 2.45) is 0 Å². The first-order valence-electron chi connectivity index (χ1n) is 15.6. The summed E-state index contributed by atoms with van der Waals surface area (Å²) in [5.41, 5.74) is 3.05. The minimum Gasteiger partial charge on any atom is -0.462 e. The smallest absolute Gasteiger partial charge is 0.346 e. The Bertz CT molecular complexity index is 1710. The number of hydrogen-bond donors (Lipinski definition) is 0. The summed E-state index contributed by atoms with van der Waals surface area (Å²) < 4.78 is 7.67. The van der Waals surface area contributed by atoms with Crippen LogP contribution in [0.15, 0.2) is 49.1 Å². The highest BCUT2D eigenvalue weighted by Crippen LogP contribution is 2.43. The number of anilines is 2. The second-order valence-electron chi connectivity index (χ2n) is 12.5. The number of aromatic nitrogens is 5. The maximum Gasteiger partial charge on any atom is 0.346 e. The largest absolute Gasteiger partial charge is 0.462 e. The van der Waals surface area contributed by atoms with Gasteiger partial charge in [-0.1, -0.05) is 35.9 Å². The SMILES string of the molecule is CN1CCCC1COc1nc2c(c(N3CCC4(CCN4C(=O)n4cncn4)C3)n1)CCN(c1cccc3cccc(Cl)c13)C2. The number of fused-ring (bicyclic) bond motifs is 2. The number of carbonyl (C=O) groups excluding carboxylic acids is 1. The molecule has 4 aromatic rings. The molecule has 0 bridgehead atoms. The summed E-state index contributed by atoms with van der Waals surface area (Å²) >= 11 is 6.73.